The van der Waals surface area contributed by atoms with Crippen LogP contribution in [0.25, 0.3) is 0 Å². The fraction of sp³-hybridized carbons (Fsp3) is 0.917. The topological polar surface area (TPSA) is 94.8 Å². The fourth-order valence-corrected chi connectivity index (χ4v) is 1.51. The molecule has 0 bridgehead atoms. The standard InChI is InChI=1S/C12H23O.K.H3O4P/c1-2-3-4-5-6-7-8-9-10-11-12-13;;1-5(2,3)4/h2-11H2,1H3;;(H3,1,2,3,4)/q-1;+1;. The Labute approximate surface area is 159 Å². The monoisotopic (exact) mass is 320 g/mol. The van der Waals surface area contributed by atoms with Crippen molar-refractivity contribution < 1.29 is 75.4 Å². The zero-order valence-electron chi connectivity index (χ0n) is 12.2. The van der Waals surface area contributed by atoms with E-state index in [0.29, 0.717) is 6.42 Å². The van der Waals surface area contributed by atoms with Gasteiger partial charge in [0.15, 0.2) is 0 Å². The van der Waals surface area contributed by atoms with Crippen molar-refractivity contribution in [1.29, 1.82) is 0 Å². The van der Waals surface area contributed by atoms with Gasteiger partial charge in [-0.25, -0.2) is 4.57 Å². The second-order valence-electron chi connectivity index (χ2n) is 4.24. The van der Waals surface area contributed by atoms with E-state index in [4.69, 9.17) is 19.2 Å². The average molecular weight is 320 g/mol. The largest absolute Gasteiger partial charge is 1.00 e. The van der Waals surface area contributed by atoms with Gasteiger partial charge in [0.1, 0.15) is 0 Å². The number of hydrogen-bond donors (Lipinski definition) is 3. The molecule has 0 radical (unpaired) electrons. The Balaban J connectivity index is -0.000000366. The number of phosphoric acid groups is 1. The average Bonchev–Trinajstić information content (AvgIpc) is 2.25. The maximum absolute atomic E-state index is 9.89. The molecular formula is C12H26KO5P. The van der Waals surface area contributed by atoms with Gasteiger partial charge in [-0.3, -0.25) is 6.29 Å². The van der Waals surface area contributed by atoms with Crippen LogP contribution in [0.2, 0.25) is 0 Å². The zero-order chi connectivity index (χ0) is 14.3. The van der Waals surface area contributed by atoms with Crippen molar-refractivity contribution in [3.63, 3.8) is 0 Å². The molecule has 0 spiro atoms. The molecule has 0 fully saturated rings. The van der Waals surface area contributed by atoms with Crippen LogP contribution < -0.4 is 51.4 Å². The number of unbranched alkanes of at least 4 members (excludes halogenated alkanes) is 9. The molecule has 7 heteroatoms. The van der Waals surface area contributed by atoms with E-state index in [1.807, 2.05) is 6.29 Å². The first kappa shape index (κ1) is 25.4. The molecule has 0 aromatic rings. The fourth-order valence-electron chi connectivity index (χ4n) is 1.51. The molecule has 0 unspecified atom stereocenters. The number of carbonyl (C=O) groups excluding carboxylic acids is 1. The molecule has 0 saturated heterocycles. The van der Waals surface area contributed by atoms with Crippen molar-refractivity contribution in [2.24, 2.45) is 0 Å². The Bertz CT molecular complexity index is 212. The van der Waals surface area contributed by atoms with Gasteiger partial charge in [-0.15, -0.1) is 0 Å². The van der Waals surface area contributed by atoms with Gasteiger partial charge in [0.2, 0.25) is 0 Å². The minimum atomic E-state index is -4.64. The molecular weight excluding hydrogens is 294 g/mol. The normalized spacial score (nSPS) is 10.1. The van der Waals surface area contributed by atoms with E-state index in [0.717, 1.165) is 6.42 Å². The van der Waals surface area contributed by atoms with Gasteiger partial charge in [0.25, 0.3) is 0 Å². The zero-order valence-corrected chi connectivity index (χ0v) is 16.2. The van der Waals surface area contributed by atoms with Crippen molar-refractivity contribution in [1.82, 2.24) is 0 Å². The summed E-state index contributed by atoms with van der Waals surface area (Å²) < 4.78 is 8.88. The third-order valence-electron chi connectivity index (χ3n) is 2.38. The van der Waals surface area contributed by atoms with Crippen LogP contribution in [0, 0.1) is 0 Å². The summed E-state index contributed by atoms with van der Waals surface area (Å²) in [6, 6.07) is 0. The molecule has 0 heterocycles. The van der Waals surface area contributed by atoms with E-state index in [1.54, 1.807) is 0 Å². The molecule has 0 aliphatic carbocycles. The minimum absolute atomic E-state index is 0. The van der Waals surface area contributed by atoms with Crippen LogP contribution in [0.4, 0.5) is 0 Å². The van der Waals surface area contributed by atoms with Crippen LogP contribution in [0.15, 0.2) is 0 Å². The molecule has 5 nitrogen and oxygen atoms in total. The Kier molecular flexibility index (Phi) is 25.9. The molecule has 0 atom stereocenters. The minimum Gasteiger partial charge on any atom is -0.542 e. The molecule has 0 amide bonds. The van der Waals surface area contributed by atoms with Gasteiger partial charge in [-0.1, -0.05) is 64.7 Å². The molecule has 0 rings (SSSR count). The summed E-state index contributed by atoms with van der Waals surface area (Å²) in [5, 5.41) is 0. The second-order valence-corrected chi connectivity index (χ2v) is 5.26. The third kappa shape index (κ3) is 45.2. The van der Waals surface area contributed by atoms with E-state index >= 15 is 0 Å². The molecule has 110 valence electrons. The quantitative estimate of drug-likeness (QED) is 0.230. The van der Waals surface area contributed by atoms with E-state index in [2.05, 4.69) is 6.92 Å². The smallest absolute Gasteiger partial charge is 0.542 e. The molecule has 3 N–H and O–H groups in total. The molecule has 0 aliphatic rings. The Morgan fingerprint density at radius 3 is 1.47 bits per heavy atom. The van der Waals surface area contributed by atoms with Gasteiger partial charge in [0, 0.05) is 0 Å². The van der Waals surface area contributed by atoms with E-state index in [1.165, 1.54) is 51.4 Å². The van der Waals surface area contributed by atoms with Gasteiger partial charge >= 0.3 is 59.2 Å². The maximum atomic E-state index is 9.89. The maximum Gasteiger partial charge on any atom is 1.00 e. The third-order valence-corrected chi connectivity index (χ3v) is 2.38. The van der Waals surface area contributed by atoms with Crippen LogP contribution in [-0.2, 0) is 9.36 Å². The van der Waals surface area contributed by atoms with Crippen molar-refractivity contribution in [2.45, 2.75) is 71.1 Å². The van der Waals surface area contributed by atoms with Crippen LogP contribution in [-0.4, -0.2) is 21.0 Å². The molecule has 0 aromatic carbocycles. The predicted octanol–water partition coefficient (Wildman–Crippen LogP) is 0.0924. The molecule has 0 aromatic heterocycles. The van der Waals surface area contributed by atoms with Gasteiger partial charge < -0.3 is 19.5 Å². The number of rotatable bonds is 10. The summed E-state index contributed by atoms with van der Waals surface area (Å²) in [6.45, 7) is 2.25. The van der Waals surface area contributed by atoms with Gasteiger partial charge in [-0.05, 0) is 0 Å². The summed E-state index contributed by atoms with van der Waals surface area (Å²) in [6.07, 6.45) is 14.4. The SMILES string of the molecule is CCCCCCCCCCC[C-]=O.O=P(O)(O)O.[K+]. The van der Waals surface area contributed by atoms with Crippen molar-refractivity contribution in [3.8, 4) is 0 Å². The second kappa shape index (κ2) is 19.4. The van der Waals surface area contributed by atoms with E-state index in [-0.39, 0.29) is 51.4 Å². The van der Waals surface area contributed by atoms with Crippen LogP contribution in [0.1, 0.15) is 71.1 Å². The first-order valence-corrected chi connectivity index (χ1v) is 8.11. The summed E-state index contributed by atoms with van der Waals surface area (Å²) in [5.74, 6) is 0. The summed E-state index contributed by atoms with van der Waals surface area (Å²) in [5.41, 5.74) is 0. The Hall–Kier alpha value is 1.42. The van der Waals surface area contributed by atoms with Crippen molar-refractivity contribution in [2.75, 3.05) is 0 Å². The van der Waals surface area contributed by atoms with Crippen LogP contribution in [0.5, 0.6) is 0 Å². The Morgan fingerprint density at radius 2 is 1.16 bits per heavy atom. The van der Waals surface area contributed by atoms with Crippen molar-refractivity contribution in [3.05, 3.63) is 0 Å². The molecule has 19 heavy (non-hydrogen) atoms. The first-order chi connectivity index (χ1) is 8.41. The molecule has 0 saturated carbocycles. The van der Waals surface area contributed by atoms with E-state index < -0.39 is 7.82 Å². The predicted molar refractivity (Wildman–Crippen MR) is 71.8 cm³/mol. The molecule has 0 aliphatic heterocycles. The summed E-state index contributed by atoms with van der Waals surface area (Å²) in [7, 11) is -4.64. The summed E-state index contributed by atoms with van der Waals surface area (Å²) >= 11 is 0. The summed E-state index contributed by atoms with van der Waals surface area (Å²) in [4.78, 5) is 31.4. The van der Waals surface area contributed by atoms with Crippen LogP contribution >= 0.6 is 7.82 Å². The first-order valence-electron chi connectivity index (χ1n) is 6.55. The van der Waals surface area contributed by atoms with Crippen molar-refractivity contribution >= 4 is 14.1 Å². The number of hydrogen-bond acceptors (Lipinski definition) is 2. The van der Waals surface area contributed by atoms with E-state index in [9.17, 15) is 4.79 Å². The van der Waals surface area contributed by atoms with Gasteiger partial charge in [0.05, 0.1) is 0 Å². The Morgan fingerprint density at radius 1 is 0.842 bits per heavy atom. The van der Waals surface area contributed by atoms with Gasteiger partial charge in [-0.2, -0.15) is 6.42 Å². The van der Waals surface area contributed by atoms with Crippen LogP contribution in [0.3, 0.4) is 0 Å².